The quantitative estimate of drug-likeness (QED) is 0.218. The summed E-state index contributed by atoms with van der Waals surface area (Å²) >= 11 is 0. The molecule has 1 N–H and O–H groups in total. The molecule has 192 valence electrons. The number of esters is 1. The molecule has 0 saturated heterocycles. The molecule has 2 atom stereocenters. The van der Waals surface area contributed by atoms with Gasteiger partial charge in [-0.2, -0.15) is 0 Å². The molecule has 0 aliphatic carbocycles. The van der Waals surface area contributed by atoms with Crippen LogP contribution in [0.15, 0.2) is 36.9 Å². The first-order chi connectivity index (χ1) is 15.2. The summed E-state index contributed by atoms with van der Waals surface area (Å²) in [5.41, 5.74) is -0.625. The smallest absolute Gasteiger partial charge is 0.336 e. The van der Waals surface area contributed by atoms with Crippen LogP contribution in [0.4, 0.5) is 0 Å². The van der Waals surface area contributed by atoms with Gasteiger partial charge in [-0.25, -0.2) is 0 Å². The molecule has 0 bridgehead atoms. The third kappa shape index (κ3) is 11.0. The third-order valence-electron chi connectivity index (χ3n) is 4.38. The summed E-state index contributed by atoms with van der Waals surface area (Å²) in [7, 11) is -3.48. The summed E-state index contributed by atoms with van der Waals surface area (Å²) in [6.07, 6.45) is 1.31. The first-order valence-electron chi connectivity index (χ1n) is 11.4. The van der Waals surface area contributed by atoms with Gasteiger partial charge in [0, 0.05) is 5.92 Å². The van der Waals surface area contributed by atoms with E-state index in [1.165, 1.54) is 6.08 Å². The third-order valence-corrected chi connectivity index (χ3v) is 6.78. The summed E-state index contributed by atoms with van der Waals surface area (Å²) in [4.78, 5) is 24.3. The average molecular weight is 497 g/mol. The zero-order valence-corrected chi connectivity index (χ0v) is 22.9. The number of carboxylic acid groups (broad SMARTS) is 1. The van der Waals surface area contributed by atoms with Crippen molar-refractivity contribution in [2.45, 2.75) is 97.6 Å². The van der Waals surface area contributed by atoms with E-state index in [-0.39, 0.29) is 12.6 Å². The fourth-order valence-corrected chi connectivity index (χ4v) is 5.94. The monoisotopic (exact) mass is 496 g/mol. The molecule has 34 heavy (non-hydrogen) atoms. The molecule has 0 unspecified atom stereocenters. The summed E-state index contributed by atoms with van der Waals surface area (Å²) in [6, 6.07) is 7.04. The molecular weight excluding hydrogens is 455 g/mol. The van der Waals surface area contributed by atoms with E-state index in [0.717, 1.165) is 5.56 Å². The second-order valence-corrected chi connectivity index (χ2v) is 13.3. The van der Waals surface area contributed by atoms with E-state index in [1.807, 2.05) is 41.5 Å². The van der Waals surface area contributed by atoms with Gasteiger partial charge in [0.1, 0.15) is 5.60 Å². The molecule has 0 aliphatic heterocycles. The molecule has 0 saturated carbocycles. The Morgan fingerprint density at radius 1 is 0.941 bits per heavy atom. The molecule has 8 heteroatoms. The number of hydrogen-bond acceptors (Lipinski definition) is 6. The number of aliphatic carboxylic acids is 1. The molecule has 0 heterocycles. The van der Waals surface area contributed by atoms with Gasteiger partial charge in [-0.05, 0) is 73.4 Å². The van der Waals surface area contributed by atoms with Crippen LogP contribution in [0.2, 0.25) is 0 Å². The Bertz CT molecular complexity index is 879. The Balaban J connectivity index is 3.15. The number of carbonyl (C=O) groups excluding carboxylic acids is 1. The maximum absolute atomic E-state index is 13.5. The largest absolute Gasteiger partial charge is 0.481 e. The van der Waals surface area contributed by atoms with E-state index in [2.05, 4.69) is 6.58 Å². The molecule has 1 aromatic rings. The van der Waals surface area contributed by atoms with E-state index in [9.17, 15) is 19.3 Å². The van der Waals surface area contributed by atoms with Gasteiger partial charge < -0.3 is 18.9 Å². The van der Waals surface area contributed by atoms with E-state index in [4.69, 9.17) is 13.8 Å². The standard InChI is InChI=1S/C26H41O7P/c1-11-20(21(23(28)29)16-22(27)31-24(2,3)4)19-14-12-18(13-15-19)17-34(30,32-25(5,6)7)33-26(8,9)10/h11-15,20-21H,1,16-17H2,2-10H3,(H,28,29)/t20-,21+/m1/s1. The van der Waals surface area contributed by atoms with Gasteiger partial charge in [0.05, 0.1) is 29.7 Å². The highest BCUT2D eigenvalue weighted by atomic mass is 31.2. The normalized spacial score (nSPS) is 14.9. The average Bonchev–Trinajstić information content (AvgIpc) is 2.57. The van der Waals surface area contributed by atoms with E-state index in [1.54, 1.807) is 45.0 Å². The highest BCUT2D eigenvalue weighted by Gasteiger charge is 2.36. The maximum atomic E-state index is 13.5. The molecule has 0 amide bonds. The predicted octanol–water partition coefficient (Wildman–Crippen LogP) is 6.71. The van der Waals surface area contributed by atoms with Crippen molar-refractivity contribution in [1.82, 2.24) is 0 Å². The first-order valence-corrected chi connectivity index (χ1v) is 13.1. The van der Waals surface area contributed by atoms with Gasteiger partial charge in [-0.15, -0.1) is 6.58 Å². The number of allylic oxidation sites excluding steroid dienone is 1. The lowest BCUT2D eigenvalue weighted by molar-refractivity contribution is -0.160. The van der Waals surface area contributed by atoms with Crippen LogP contribution in [-0.2, 0) is 34.1 Å². The Kier molecular flexibility index (Phi) is 9.90. The fourth-order valence-electron chi connectivity index (χ4n) is 3.45. The second-order valence-electron chi connectivity index (χ2n) is 11.4. The number of benzene rings is 1. The SMILES string of the molecule is C=C[C@H](c1ccc(CP(=O)(OC(C)(C)C)OC(C)(C)C)cc1)[C@H](CC(=O)OC(C)(C)C)C(=O)O. The molecule has 1 aromatic carbocycles. The lowest BCUT2D eigenvalue weighted by atomic mass is 9.83. The lowest BCUT2D eigenvalue weighted by Gasteiger charge is -2.32. The summed E-state index contributed by atoms with van der Waals surface area (Å²) in [5, 5.41) is 9.78. The molecule has 1 rings (SSSR count). The molecule has 0 fully saturated rings. The van der Waals surface area contributed by atoms with Crippen molar-refractivity contribution in [1.29, 1.82) is 0 Å². The molecule has 0 spiro atoms. The minimum absolute atomic E-state index is 0.0703. The fraction of sp³-hybridized carbons (Fsp3) is 0.615. The lowest BCUT2D eigenvalue weighted by Crippen LogP contribution is -2.29. The topological polar surface area (TPSA) is 99.1 Å². The molecule has 0 radical (unpaired) electrons. The minimum Gasteiger partial charge on any atom is -0.481 e. The van der Waals surface area contributed by atoms with Gasteiger partial charge in [0.15, 0.2) is 0 Å². The maximum Gasteiger partial charge on any atom is 0.336 e. The van der Waals surface area contributed by atoms with Crippen molar-refractivity contribution in [3.63, 3.8) is 0 Å². The molecule has 0 aliphatic rings. The molecule has 0 aromatic heterocycles. The van der Waals surface area contributed by atoms with Crippen molar-refractivity contribution in [2.24, 2.45) is 5.92 Å². The van der Waals surface area contributed by atoms with Crippen LogP contribution in [0.1, 0.15) is 85.8 Å². The summed E-state index contributed by atoms with van der Waals surface area (Å²) < 4.78 is 30.5. The van der Waals surface area contributed by atoms with Crippen molar-refractivity contribution in [3.8, 4) is 0 Å². The van der Waals surface area contributed by atoms with Crippen LogP contribution in [0, 0.1) is 5.92 Å². The highest BCUT2D eigenvalue weighted by Crippen LogP contribution is 2.57. The Morgan fingerprint density at radius 2 is 1.41 bits per heavy atom. The van der Waals surface area contributed by atoms with E-state index in [0.29, 0.717) is 5.56 Å². The van der Waals surface area contributed by atoms with Crippen LogP contribution in [0.5, 0.6) is 0 Å². The van der Waals surface area contributed by atoms with Gasteiger partial charge in [0.2, 0.25) is 0 Å². The van der Waals surface area contributed by atoms with E-state index >= 15 is 0 Å². The van der Waals surface area contributed by atoms with Crippen LogP contribution >= 0.6 is 7.60 Å². The van der Waals surface area contributed by atoms with Crippen LogP contribution in [0.3, 0.4) is 0 Å². The van der Waals surface area contributed by atoms with Gasteiger partial charge in [0.25, 0.3) is 0 Å². The molecule has 7 nitrogen and oxygen atoms in total. The zero-order valence-electron chi connectivity index (χ0n) is 22.0. The van der Waals surface area contributed by atoms with Gasteiger partial charge in [-0.1, -0.05) is 30.3 Å². The highest BCUT2D eigenvalue weighted by molar-refractivity contribution is 7.53. The van der Waals surface area contributed by atoms with E-state index < -0.39 is 48.2 Å². The second kappa shape index (κ2) is 11.2. The van der Waals surface area contributed by atoms with Crippen molar-refractivity contribution < 1.29 is 33.0 Å². The van der Waals surface area contributed by atoms with Crippen molar-refractivity contribution in [2.75, 3.05) is 0 Å². The Morgan fingerprint density at radius 3 is 1.76 bits per heavy atom. The zero-order chi connectivity index (χ0) is 26.5. The van der Waals surface area contributed by atoms with Crippen molar-refractivity contribution >= 4 is 19.5 Å². The predicted molar refractivity (Wildman–Crippen MR) is 134 cm³/mol. The summed E-state index contributed by atoms with van der Waals surface area (Å²) in [6.45, 7) is 19.9. The number of hydrogen-bond donors (Lipinski definition) is 1. The van der Waals surface area contributed by atoms with Gasteiger partial charge in [-0.3, -0.25) is 14.2 Å². The van der Waals surface area contributed by atoms with Crippen LogP contribution in [-0.4, -0.2) is 33.8 Å². The number of ether oxygens (including phenoxy) is 1. The van der Waals surface area contributed by atoms with Crippen LogP contribution < -0.4 is 0 Å². The van der Waals surface area contributed by atoms with Crippen molar-refractivity contribution in [3.05, 3.63) is 48.0 Å². The Hall–Kier alpha value is -1.95. The summed E-state index contributed by atoms with van der Waals surface area (Å²) in [5.74, 6) is -3.33. The van der Waals surface area contributed by atoms with Gasteiger partial charge >= 0.3 is 19.5 Å². The molecular formula is C26H41O7P. The first kappa shape index (κ1) is 30.1. The number of carboxylic acids is 1. The number of rotatable bonds is 10. The number of carbonyl (C=O) groups is 2. The minimum atomic E-state index is -3.48. The van der Waals surface area contributed by atoms with Crippen LogP contribution in [0.25, 0.3) is 0 Å². The Labute approximate surface area is 204 Å².